The van der Waals surface area contributed by atoms with Gasteiger partial charge >= 0.3 is 192 Å². The quantitative estimate of drug-likeness (QED) is 0.399. The van der Waals surface area contributed by atoms with Crippen molar-refractivity contribution in [3.63, 3.8) is 0 Å². The molecule has 0 unspecified atom stereocenters. The first-order valence-corrected chi connectivity index (χ1v) is 5.71. The summed E-state index contributed by atoms with van der Waals surface area (Å²) in [7, 11) is -6.17. The molecule has 0 atom stereocenters. The molecule has 0 aliphatic carbocycles. The van der Waals surface area contributed by atoms with E-state index in [-0.39, 0.29) is 120 Å². The number of rotatable bonds is 0. The first-order chi connectivity index (χ1) is 5.97. The van der Waals surface area contributed by atoms with Crippen LogP contribution >= 0.6 is 0 Å². The third kappa shape index (κ3) is 3.17. The minimum atomic E-state index is -6.17. The molecule has 73 valence electrons. The van der Waals surface area contributed by atoms with Gasteiger partial charge in [-0.05, 0) is 0 Å². The standard InChI is InChI=1S/6CN.Co.Fe.2K/c6*1-2;;;;/q;;;;;;+2;-4;2*+1. The van der Waals surface area contributed by atoms with Crippen molar-refractivity contribution in [2.75, 3.05) is 0 Å². The molecule has 0 aliphatic rings. The summed E-state index contributed by atoms with van der Waals surface area (Å²) in [5.41, 5.74) is 0. The summed E-state index contributed by atoms with van der Waals surface area (Å²) >= 11 is 0. The summed E-state index contributed by atoms with van der Waals surface area (Å²) in [6.45, 7) is 0. The number of nitrogens with zero attached hydrogens (tertiary/aromatic N) is 6. The number of nitriles is 6. The van der Waals surface area contributed by atoms with Crippen LogP contribution in [-0.2, 0) is 27.5 Å². The molecule has 10 heteroatoms. The van der Waals surface area contributed by atoms with E-state index in [2.05, 4.69) is 0 Å². The van der Waals surface area contributed by atoms with Gasteiger partial charge in [-0.1, -0.05) is 0 Å². The molecule has 0 rings (SSSR count). The van der Waals surface area contributed by atoms with E-state index in [0.717, 1.165) is 29.8 Å². The zero-order chi connectivity index (χ0) is 10.7. The summed E-state index contributed by atoms with van der Waals surface area (Å²) in [5.74, 6) is 0. The van der Waals surface area contributed by atoms with E-state index in [1.165, 1.54) is 0 Å². The summed E-state index contributed by atoms with van der Waals surface area (Å²) < 4.78 is 0. The molecule has 6 nitrogen and oxygen atoms in total. The molecule has 0 saturated heterocycles. The first-order valence-electron chi connectivity index (χ1n) is 2.40. The second-order valence-corrected chi connectivity index (χ2v) is 7.42. The Balaban J connectivity index is -0.000000240. The Bertz CT molecular complexity index is 401. The molecular weight excluding hydrogens is 349 g/mol. The van der Waals surface area contributed by atoms with Crippen LogP contribution in [0.2, 0.25) is 0 Å². The number of hydrogen-bond acceptors (Lipinski definition) is 6. The molecule has 0 aliphatic heterocycles. The predicted octanol–water partition coefficient (Wildman–Crippen LogP) is -5.90. The number of hydrogen-bond donors (Lipinski definition) is 0. The van der Waals surface area contributed by atoms with Crippen LogP contribution in [0.3, 0.4) is 0 Å². The van der Waals surface area contributed by atoms with Crippen LogP contribution in [0.1, 0.15) is 0 Å². The van der Waals surface area contributed by atoms with E-state index >= 15 is 0 Å². The molecule has 0 fully saturated rings. The van der Waals surface area contributed by atoms with Gasteiger partial charge in [-0.3, -0.25) is 0 Å². The zero-order valence-corrected chi connectivity index (χ0v) is 16.8. The maximum Gasteiger partial charge on any atom is 2.00 e. The SMILES string of the molecule is N#[C][Fe-4]([C]#N)([C]#N)([C]#N)([C]#N)[C]#N.[Co+2].[K+].[K+]. The van der Waals surface area contributed by atoms with E-state index in [1.54, 1.807) is 0 Å². The summed E-state index contributed by atoms with van der Waals surface area (Å²) in [6.07, 6.45) is 0. The van der Waals surface area contributed by atoms with E-state index in [9.17, 15) is 0 Å². The normalized spacial score (nSPS) is 10.9. The van der Waals surface area contributed by atoms with Crippen molar-refractivity contribution in [3.05, 3.63) is 0 Å². The van der Waals surface area contributed by atoms with Crippen LogP contribution in [0.4, 0.5) is 0 Å². The van der Waals surface area contributed by atoms with Crippen LogP contribution in [0.25, 0.3) is 0 Å². The molecule has 0 bridgehead atoms. The van der Waals surface area contributed by atoms with E-state index in [0.29, 0.717) is 0 Å². The molecule has 0 N–H and O–H groups in total. The van der Waals surface area contributed by atoms with Crippen molar-refractivity contribution in [2.45, 2.75) is 0 Å². The van der Waals surface area contributed by atoms with Crippen molar-refractivity contribution in [1.82, 2.24) is 0 Å². The minimum Gasteiger partial charge on any atom is 1.00 e. The fraction of sp³-hybridized carbons (Fsp3) is 0. The Morgan fingerprint density at radius 3 is 0.625 bits per heavy atom. The van der Waals surface area contributed by atoms with Gasteiger partial charge in [0.25, 0.3) is 0 Å². The summed E-state index contributed by atoms with van der Waals surface area (Å²) in [4.78, 5) is 6.19. The molecule has 0 aromatic carbocycles. The van der Waals surface area contributed by atoms with Crippen molar-refractivity contribution < 1.29 is 130 Å². The van der Waals surface area contributed by atoms with Crippen molar-refractivity contribution >= 4 is 0 Å². The van der Waals surface area contributed by atoms with Gasteiger partial charge in [-0.25, -0.2) is 0 Å². The monoisotopic (exact) mass is 349 g/mol. The average molecular weight is 349 g/mol. The summed E-state index contributed by atoms with van der Waals surface area (Å²) in [6, 6.07) is 0. The molecule has 0 aromatic rings. The fourth-order valence-corrected chi connectivity index (χ4v) is 1.09. The molecule has 0 spiro atoms. The Kier molecular flexibility index (Phi) is 12.4. The van der Waals surface area contributed by atoms with Gasteiger partial charge in [0.05, 0.1) is 0 Å². The van der Waals surface area contributed by atoms with Gasteiger partial charge < -0.3 is 0 Å². The first kappa shape index (κ1) is 25.9. The molecule has 0 heterocycles. The molecule has 16 heavy (non-hydrogen) atoms. The Hall–Kier alpha value is 1.24. The van der Waals surface area contributed by atoms with Crippen molar-refractivity contribution in [3.8, 4) is 29.8 Å². The largest absolute Gasteiger partial charge is 2.00 e. The van der Waals surface area contributed by atoms with Gasteiger partial charge in [0.1, 0.15) is 0 Å². The third-order valence-electron chi connectivity index (χ3n) is 1.19. The fourth-order valence-electron chi connectivity index (χ4n) is 0.265. The minimum absolute atomic E-state index is 0. The van der Waals surface area contributed by atoms with Crippen LogP contribution in [-0.4, -0.2) is 0 Å². The van der Waals surface area contributed by atoms with E-state index < -0.39 is 10.7 Å². The Morgan fingerprint density at radius 2 is 0.625 bits per heavy atom. The maximum atomic E-state index is 8.58. The maximum absolute atomic E-state index is 8.58. The Morgan fingerprint density at radius 1 is 0.500 bits per heavy atom. The van der Waals surface area contributed by atoms with E-state index in [1.807, 2.05) is 0 Å². The van der Waals surface area contributed by atoms with Gasteiger partial charge in [0.15, 0.2) is 0 Å². The third-order valence-corrected chi connectivity index (χ3v) is 4.89. The van der Waals surface area contributed by atoms with Gasteiger partial charge in [0, 0.05) is 0 Å². The molecule has 0 amide bonds. The topological polar surface area (TPSA) is 143 Å². The Labute approximate surface area is 187 Å². The smallest absolute Gasteiger partial charge is 1.00 e. The second kappa shape index (κ2) is 7.62. The van der Waals surface area contributed by atoms with Gasteiger partial charge in [-0.2, -0.15) is 0 Å². The van der Waals surface area contributed by atoms with Crippen LogP contribution in [0, 0.1) is 61.4 Å². The molecular formula is C6CoFeK2N6. The zero-order valence-electron chi connectivity index (χ0n) is 8.37. The van der Waals surface area contributed by atoms with Crippen molar-refractivity contribution in [2.24, 2.45) is 0 Å². The van der Waals surface area contributed by atoms with Crippen molar-refractivity contribution in [1.29, 1.82) is 31.6 Å². The van der Waals surface area contributed by atoms with Gasteiger partial charge in [-0.15, -0.1) is 0 Å². The van der Waals surface area contributed by atoms with Crippen LogP contribution in [0.5, 0.6) is 0 Å². The van der Waals surface area contributed by atoms with Crippen LogP contribution < -0.4 is 103 Å². The second-order valence-electron chi connectivity index (χ2n) is 1.80. The predicted molar refractivity (Wildman–Crippen MR) is 33.7 cm³/mol. The molecule has 0 saturated carbocycles. The molecule has 0 aromatic heterocycles. The molecule has 1 radical (unpaired) electrons. The summed E-state index contributed by atoms with van der Waals surface area (Å²) in [5, 5.41) is 51.5. The average Bonchev–Trinajstić information content (AvgIpc) is 2.26. The van der Waals surface area contributed by atoms with Gasteiger partial charge in [0.2, 0.25) is 0 Å². The van der Waals surface area contributed by atoms with Crippen LogP contribution in [0.15, 0.2) is 0 Å². The van der Waals surface area contributed by atoms with E-state index in [4.69, 9.17) is 31.6 Å².